The maximum atomic E-state index is 11.5. The lowest BCUT2D eigenvalue weighted by Gasteiger charge is -2.12. The fraction of sp³-hybridized carbons (Fsp3) is 0.600. The minimum absolute atomic E-state index is 0.170. The monoisotopic (exact) mass is 288 g/mol. The van der Waals surface area contributed by atoms with Crippen LogP contribution >= 0.6 is 0 Å². The molecule has 1 atom stereocenters. The number of methoxy groups -OCH3 is 1. The molecule has 0 spiro atoms. The predicted molar refractivity (Wildman–Crippen MR) is 68.7 cm³/mol. The molecule has 0 radical (unpaired) electrons. The van der Waals surface area contributed by atoms with Crippen LogP contribution in [0.2, 0.25) is 0 Å². The number of nitro groups is 1. The molecular weight excluding hydrogens is 272 g/mol. The summed E-state index contributed by atoms with van der Waals surface area (Å²) in [5.74, 6) is 0. The maximum absolute atomic E-state index is 11.5. The van der Waals surface area contributed by atoms with Gasteiger partial charge in [-0.1, -0.05) is 0 Å². The van der Waals surface area contributed by atoms with Crippen molar-refractivity contribution in [3.63, 3.8) is 0 Å². The zero-order valence-electron chi connectivity index (χ0n) is 10.9. The number of nitrogens with one attached hydrogen (secondary N) is 2. The Morgan fingerprint density at radius 3 is 2.90 bits per heavy atom. The van der Waals surface area contributed by atoms with E-state index >= 15 is 0 Å². The van der Waals surface area contributed by atoms with Crippen molar-refractivity contribution in [2.75, 3.05) is 26.8 Å². The van der Waals surface area contributed by atoms with Gasteiger partial charge in [0, 0.05) is 20.2 Å². The molecule has 20 heavy (non-hydrogen) atoms. The summed E-state index contributed by atoms with van der Waals surface area (Å²) in [4.78, 5) is 34.2. The smallest absolute Gasteiger partial charge is 0.350 e. The number of aromatic nitrogens is 2. The molecule has 0 aliphatic heterocycles. The molecular formula is C10H16N4O6. The third kappa shape index (κ3) is 4.57. The van der Waals surface area contributed by atoms with E-state index in [4.69, 9.17) is 4.74 Å². The van der Waals surface area contributed by atoms with Crippen LogP contribution in [0.1, 0.15) is 0 Å². The van der Waals surface area contributed by atoms with Crippen LogP contribution in [0, 0.1) is 10.1 Å². The lowest BCUT2D eigenvalue weighted by atomic mass is 10.3. The van der Waals surface area contributed by atoms with Crippen LogP contribution in [0.15, 0.2) is 15.8 Å². The standard InChI is InChI=1S/C10H16N4O6/c1-20-3-2-11-4-7(15)5-13-6-8(14(18)19)9(16)12-10(13)17/h6-7,11,15H,2-5H2,1H3,(H,12,16,17). The van der Waals surface area contributed by atoms with E-state index in [9.17, 15) is 24.8 Å². The molecule has 0 amide bonds. The molecule has 0 fully saturated rings. The minimum Gasteiger partial charge on any atom is -0.390 e. The van der Waals surface area contributed by atoms with E-state index in [0.717, 1.165) is 10.8 Å². The normalized spacial score (nSPS) is 12.3. The van der Waals surface area contributed by atoms with Gasteiger partial charge in [-0.15, -0.1) is 0 Å². The van der Waals surface area contributed by atoms with Crippen LogP contribution in [-0.2, 0) is 11.3 Å². The molecule has 0 bridgehead atoms. The number of H-pyrrole nitrogens is 1. The van der Waals surface area contributed by atoms with Gasteiger partial charge in [-0.05, 0) is 0 Å². The number of rotatable bonds is 8. The Bertz CT molecular complexity index is 566. The van der Waals surface area contributed by atoms with Gasteiger partial charge in [0.15, 0.2) is 0 Å². The number of aromatic amines is 1. The molecule has 1 aromatic heterocycles. The second kappa shape index (κ2) is 7.53. The van der Waals surface area contributed by atoms with Gasteiger partial charge in [0.05, 0.1) is 30.4 Å². The number of nitrogens with zero attached hydrogens (tertiary/aromatic N) is 2. The Morgan fingerprint density at radius 1 is 1.60 bits per heavy atom. The van der Waals surface area contributed by atoms with Gasteiger partial charge in [-0.2, -0.15) is 0 Å². The SMILES string of the molecule is COCCNCC(O)Cn1cc([N+](=O)[O-])c(=O)[nH]c1=O. The number of hydrogen-bond acceptors (Lipinski definition) is 7. The Hall–Kier alpha value is -2.04. The van der Waals surface area contributed by atoms with Crippen molar-refractivity contribution >= 4 is 5.69 Å². The topological polar surface area (TPSA) is 139 Å². The van der Waals surface area contributed by atoms with Gasteiger partial charge in [-0.25, -0.2) is 4.79 Å². The second-order valence-electron chi connectivity index (χ2n) is 4.03. The van der Waals surface area contributed by atoms with Gasteiger partial charge in [0.25, 0.3) is 0 Å². The average molecular weight is 288 g/mol. The fourth-order valence-electron chi connectivity index (χ4n) is 1.50. The molecule has 1 unspecified atom stereocenters. The summed E-state index contributed by atoms with van der Waals surface area (Å²) in [6.45, 7) is 1.00. The van der Waals surface area contributed by atoms with E-state index in [0.29, 0.717) is 13.2 Å². The highest BCUT2D eigenvalue weighted by Crippen LogP contribution is 1.99. The maximum Gasteiger partial charge on any atom is 0.350 e. The zero-order valence-corrected chi connectivity index (χ0v) is 10.9. The largest absolute Gasteiger partial charge is 0.390 e. The number of hydrogen-bond donors (Lipinski definition) is 3. The third-order valence-electron chi connectivity index (χ3n) is 2.46. The molecule has 1 rings (SSSR count). The van der Waals surface area contributed by atoms with Crippen molar-refractivity contribution < 1.29 is 14.8 Å². The molecule has 10 nitrogen and oxygen atoms in total. The van der Waals surface area contributed by atoms with Gasteiger partial charge in [0.1, 0.15) is 0 Å². The van der Waals surface area contributed by atoms with E-state index in [1.807, 2.05) is 4.98 Å². The molecule has 3 N–H and O–H groups in total. The van der Waals surface area contributed by atoms with Gasteiger partial charge in [0.2, 0.25) is 0 Å². The highest BCUT2D eigenvalue weighted by molar-refractivity contribution is 5.20. The van der Waals surface area contributed by atoms with Crippen molar-refractivity contribution in [1.82, 2.24) is 14.9 Å². The van der Waals surface area contributed by atoms with Gasteiger partial charge in [-0.3, -0.25) is 24.5 Å². The first-order valence-corrected chi connectivity index (χ1v) is 5.81. The highest BCUT2D eigenvalue weighted by atomic mass is 16.6. The molecule has 10 heteroatoms. The molecule has 1 aromatic rings. The molecule has 0 aromatic carbocycles. The van der Waals surface area contributed by atoms with Crippen molar-refractivity contribution in [2.24, 2.45) is 0 Å². The lowest BCUT2D eigenvalue weighted by molar-refractivity contribution is -0.386. The fourth-order valence-corrected chi connectivity index (χ4v) is 1.50. The van der Waals surface area contributed by atoms with Crippen LogP contribution < -0.4 is 16.6 Å². The van der Waals surface area contributed by atoms with E-state index in [-0.39, 0.29) is 13.1 Å². The molecule has 0 saturated carbocycles. The van der Waals surface area contributed by atoms with Crippen molar-refractivity contribution in [2.45, 2.75) is 12.6 Å². The predicted octanol–water partition coefficient (Wildman–Crippen LogP) is -1.96. The number of aliphatic hydroxyl groups excluding tert-OH is 1. The first-order chi connectivity index (χ1) is 9.45. The quantitative estimate of drug-likeness (QED) is 0.287. The molecule has 0 aliphatic rings. The summed E-state index contributed by atoms with van der Waals surface area (Å²) in [7, 11) is 1.54. The minimum atomic E-state index is -1.07. The number of aliphatic hydroxyl groups is 1. The van der Waals surface area contributed by atoms with Crippen molar-refractivity contribution in [1.29, 1.82) is 0 Å². The summed E-state index contributed by atoms with van der Waals surface area (Å²) >= 11 is 0. The van der Waals surface area contributed by atoms with Crippen LogP contribution in [0.4, 0.5) is 5.69 Å². The summed E-state index contributed by atoms with van der Waals surface area (Å²) in [6, 6.07) is 0. The summed E-state index contributed by atoms with van der Waals surface area (Å²) in [5, 5.41) is 23.2. The van der Waals surface area contributed by atoms with Crippen molar-refractivity contribution in [3.05, 3.63) is 37.1 Å². The van der Waals surface area contributed by atoms with Crippen LogP contribution in [0.5, 0.6) is 0 Å². The molecule has 0 saturated heterocycles. The Kier molecular flexibility index (Phi) is 6.03. The Morgan fingerprint density at radius 2 is 2.30 bits per heavy atom. The zero-order chi connectivity index (χ0) is 15.1. The Balaban J connectivity index is 2.72. The first kappa shape index (κ1) is 16.0. The highest BCUT2D eigenvalue weighted by Gasteiger charge is 2.16. The van der Waals surface area contributed by atoms with Crippen LogP contribution in [-0.4, -0.2) is 52.5 Å². The van der Waals surface area contributed by atoms with Gasteiger partial charge < -0.3 is 15.2 Å². The van der Waals surface area contributed by atoms with Gasteiger partial charge >= 0.3 is 16.9 Å². The first-order valence-electron chi connectivity index (χ1n) is 5.81. The molecule has 112 valence electrons. The number of ether oxygens (including phenoxy) is 1. The van der Waals surface area contributed by atoms with E-state index < -0.39 is 28.0 Å². The average Bonchev–Trinajstić information content (AvgIpc) is 2.37. The summed E-state index contributed by atoms with van der Waals surface area (Å²) in [5.41, 5.74) is -2.62. The van der Waals surface area contributed by atoms with Crippen molar-refractivity contribution in [3.8, 4) is 0 Å². The Labute approximate surface area is 113 Å². The summed E-state index contributed by atoms with van der Waals surface area (Å²) in [6.07, 6.45) is -0.116. The van der Waals surface area contributed by atoms with Crippen LogP contribution in [0.25, 0.3) is 0 Å². The van der Waals surface area contributed by atoms with E-state index in [2.05, 4.69) is 5.32 Å². The lowest BCUT2D eigenvalue weighted by Crippen LogP contribution is -2.37. The summed E-state index contributed by atoms with van der Waals surface area (Å²) < 4.78 is 5.69. The van der Waals surface area contributed by atoms with E-state index in [1.165, 1.54) is 7.11 Å². The molecule has 0 aliphatic carbocycles. The molecule has 1 heterocycles. The third-order valence-corrected chi connectivity index (χ3v) is 2.46. The second-order valence-corrected chi connectivity index (χ2v) is 4.03. The van der Waals surface area contributed by atoms with E-state index in [1.54, 1.807) is 0 Å². The van der Waals surface area contributed by atoms with Crippen LogP contribution in [0.3, 0.4) is 0 Å².